The maximum Gasteiger partial charge on any atom is 0.472 e. The molecule has 1 amide bonds. The molecule has 0 aromatic rings. The number of carbonyl (C=O) groups excluding carboxylic acids is 1. The van der Waals surface area contributed by atoms with Gasteiger partial charge >= 0.3 is 7.82 Å². The van der Waals surface area contributed by atoms with Crippen LogP contribution in [0.5, 0.6) is 0 Å². The molecule has 0 rings (SSSR count). The fraction of sp³-hybridized carbons (Fsp3) is 0.810. The van der Waals surface area contributed by atoms with E-state index in [-0.39, 0.29) is 19.1 Å². The van der Waals surface area contributed by atoms with Crippen LogP contribution in [0.1, 0.15) is 251 Å². The van der Waals surface area contributed by atoms with Crippen LogP contribution in [0.2, 0.25) is 0 Å². The minimum Gasteiger partial charge on any atom is -0.391 e. The number of likely N-dealkylation sites (N-methyl/N-ethyl adjacent to an activating group) is 1. The highest BCUT2D eigenvalue weighted by atomic mass is 31.2. The average molecular weight is 962 g/mol. The smallest absolute Gasteiger partial charge is 0.391 e. The van der Waals surface area contributed by atoms with Crippen molar-refractivity contribution < 1.29 is 32.9 Å². The monoisotopic (exact) mass is 962 g/mol. The predicted octanol–water partition coefficient (Wildman–Crippen LogP) is 16.9. The molecular weight excluding hydrogens is 852 g/mol. The van der Waals surface area contributed by atoms with Crippen LogP contribution >= 0.6 is 7.82 Å². The van der Waals surface area contributed by atoms with Gasteiger partial charge in [0.05, 0.1) is 39.9 Å². The van der Waals surface area contributed by atoms with Crippen molar-refractivity contribution >= 4 is 13.7 Å². The molecule has 0 saturated carbocycles. The summed E-state index contributed by atoms with van der Waals surface area (Å²) in [5, 5.41) is 14.0. The second kappa shape index (κ2) is 49.2. The molecule has 67 heavy (non-hydrogen) atoms. The Bertz CT molecular complexity index is 1270. The van der Waals surface area contributed by atoms with E-state index in [4.69, 9.17) is 9.05 Å². The number of rotatable bonds is 51. The number of amides is 1. The lowest BCUT2D eigenvalue weighted by molar-refractivity contribution is -0.870. The Balaban J connectivity index is 4.07. The van der Waals surface area contributed by atoms with E-state index in [0.717, 1.165) is 70.6 Å². The van der Waals surface area contributed by atoms with Crippen molar-refractivity contribution in [3.63, 3.8) is 0 Å². The Morgan fingerprint density at radius 2 is 0.896 bits per heavy atom. The number of hydrogen-bond acceptors (Lipinski definition) is 5. The van der Waals surface area contributed by atoms with E-state index in [1.54, 1.807) is 0 Å². The number of phosphoric acid groups is 1. The summed E-state index contributed by atoms with van der Waals surface area (Å²) in [7, 11) is 1.62. The Morgan fingerprint density at radius 1 is 0.522 bits per heavy atom. The molecule has 0 bridgehead atoms. The van der Waals surface area contributed by atoms with Crippen LogP contribution in [-0.4, -0.2) is 73.4 Å². The Kier molecular flexibility index (Phi) is 47.9. The van der Waals surface area contributed by atoms with E-state index in [1.807, 2.05) is 21.1 Å². The number of unbranched alkanes of at least 4 members (excludes halogenated alkanes) is 28. The van der Waals surface area contributed by atoms with Gasteiger partial charge in [-0.15, -0.1) is 0 Å². The quantitative estimate of drug-likeness (QED) is 0.0243. The van der Waals surface area contributed by atoms with E-state index in [2.05, 4.69) is 79.9 Å². The number of nitrogens with one attached hydrogen (secondary N) is 1. The maximum absolute atomic E-state index is 13.0. The first-order valence-electron chi connectivity index (χ1n) is 28.2. The van der Waals surface area contributed by atoms with Gasteiger partial charge < -0.3 is 19.8 Å². The molecule has 8 nitrogen and oxygen atoms in total. The SMILES string of the molecule is CC/C=C\C/C=C\C/C=C\C/C=C\C/C=C\CCCCCCCCCCCCCCCCCC(=O)NC(COP(=O)(O)OCC[N+](C)(C)C)C(O)CCCCCCCCCCCCCCCC. The molecule has 3 unspecified atom stereocenters. The fourth-order valence-corrected chi connectivity index (χ4v) is 8.87. The molecule has 0 aliphatic heterocycles. The molecule has 392 valence electrons. The summed E-state index contributed by atoms with van der Waals surface area (Å²) in [5.41, 5.74) is 0. The first-order chi connectivity index (χ1) is 32.5. The third-order valence-corrected chi connectivity index (χ3v) is 13.5. The molecule has 0 aliphatic carbocycles. The lowest BCUT2D eigenvalue weighted by atomic mass is 10.0. The molecular formula is C58H110N2O6P+. The van der Waals surface area contributed by atoms with Gasteiger partial charge in [0.25, 0.3) is 0 Å². The summed E-state index contributed by atoms with van der Waals surface area (Å²) < 4.78 is 23.7. The standard InChI is InChI=1S/C58H109N2O6P/c1-6-8-10-12-14-16-18-20-22-23-24-25-26-27-28-29-30-31-32-33-34-35-36-37-38-40-42-44-46-48-50-52-58(62)59-56(55-66-67(63,64)65-54-53-60(3,4)5)57(61)51-49-47-45-43-41-39-21-19-17-15-13-11-9-7-2/h8,10,14,16,20,22,24-25,27-28,56-57,61H,6-7,9,11-13,15,17-19,21,23,26,29-55H2,1-5H3,(H-,59,62,63,64)/p+1/b10-8-,16-14-,22-20-,25-24-,28-27-. The number of aliphatic hydroxyl groups is 1. The molecule has 0 saturated heterocycles. The fourth-order valence-electron chi connectivity index (χ4n) is 8.13. The zero-order valence-electron chi connectivity index (χ0n) is 44.6. The zero-order chi connectivity index (χ0) is 49.2. The molecule has 0 heterocycles. The summed E-state index contributed by atoms with van der Waals surface area (Å²) >= 11 is 0. The van der Waals surface area contributed by atoms with Gasteiger partial charge in [0.2, 0.25) is 5.91 Å². The van der Waals surface area contributed by atoms with Gasteiger partial charge in [-0.1, -0.05) is 248 Å². The van der Waals surface area contributed by atoms with E-state index in [1.165, 1.54) is 154 Å². The number of quaternary nitrogens is 1. The Labute approximate surface area is 415 Å². The average Bonchev–Trinajstić information content (AvgIpc) is 3.29. The van der Waals surface area contributed by atoms with E-state index in [0.29, 0.717) is 23.9 Å². The Hall–Kier alpha value is -1.80. The summed E-state index contributed by atoms with van der Waals surface area (Å²) in [4.78, 5) is 23.3. The number of aliphatic hydroxyl groups excluding tert-OH is 1. The summed E-state index contributed by atoms with van der Waals surface area (Å²) in [6.07, 6.45) is 65.6. The van der Waals surface area contributed by atoms with Crippen molar-refractivity contribution in [1.29, 1.82) is 0 Å². The minimum atomic E-state index is -4.32. The first-order valence-corrected chi connectivity index (χ1v) is 29.6. The van der Waals surface area contributed by atoms with Crippen molar-refractivity contribution in [3.05, 3.63) is 60.8 Å². The molecule has 0 fully saturated rings. The zero-order valence-corrected chi connectivity index (χ0v) is 45.5. The van der Waals surface area contributed by atoms with Crippen LogP contribution < -0.4 is 5.32 Å². The lowest BCUT2D eigenvalue weighted by Crippen LogP contribution is -2.46. The number of carbonyl (C=O) groups is 1. The molecule has 9 heteroatoms. The van der Waals surface area contributed by atoms with Crippen molar-refractivity contribution in [1.82, 2.24) is 5.32 Å². The second-order valence-electron chi connectivity index (χ2n) is 20.3. The number of allylic oxidation sites excluding steroid dienone is 10. The largest absolute Gasteiger partial charge is 0.472 e. The highest BCUT2D eigenvalue weighted by molar-refractivity contribution is 7.47. The second-order valence-corrected chi connectivity index (χ2v) is 21.7. The summed E-state index contributed by atoms with van der Waals surface area (Å²) in [5.74, 6) is -0.145. The van der Waals surface area contributed by atoms with E-state index < -0.39 is 20.0 Å². The molecule has 0 aliphatic rings. The van der Waals surface area contributed by atoms with Crippen molar-refractivity contribution in [2.45, 2.75) is 264 Å². The number of hydrogen-bond donors (Lipinski definition) is 3. The molecule has 0 aromatic carbocycles. The number of nitrogens with zero attached hydrogens (tertiary/aromatic N) is 1. The van der Waals surface area contributed by atoms with Crippen LogP contribution in [0.4, 0.5) is 0 Å². The van der Waals surface area contributed by atoms with Crippen LogP contribution in [0, 0.1) is 0 Å². The van der Waals surface area contributed by atoms with Gasteiger partial charge in [0.1, 0.15) is 13.2 Å². The van der Waals surface area contributed by atoms with E-state index >= 15 is 0 Å². The van der Waals surface area contributed by atoms with Crippen molar-refractivity contribution in [3.8, 4) is 0 Å². The molecule has 0 radical (unpaired) electrons. The van der Waals surface area contributed by atoms with Crippen LogP contribution in [0.3, 0.4) is 0 Å². The van der Waals surface area contributed by atoms with Gasteiger partial charge in [0, 0.05) is 6.42 Å². The normalized spacial score (nSPS) is 14.4. The van der Waals surface area contributed by atoms with Crippen molar-refractivity contribution in [2.75, 3.05) is 40.9 Å². The van der Waals surface area contributed by atoms with Gasteiger partial charge in [-0.05, 0) is 57.8 Å². The van der Waals surface area contributed by atoms with Crippen LogP contribution in [-0.2, 0) is 18.4 Å². The van der Waals surface area contributed by atoms with Crippen LogP contribution in [0.15, 0.2) is 60.8 Å². The summed E-state index contributed by atoms with van der Waals surface area (Å²) in [6, 6.07) is -0.761. The lowest BCUT2D eigenvalue weighted by Gasteiger charge is -2.26. The highest BCUT2D eigenvalue weighted by Crippen LogP contribution is 2.43. The van der Waals surface area contributed by atoms with Gasteiger partial charge in [-0.2, -0.15) is 0 Å². The number of phosphoric ester groups is 1. The van der Waals surface area contributed by atoms with Gasteiger partial charge in [-0.25, -0.2) is 4.57 Å². The first kappa shape index (κ1) is 65.2. The van der Waals surface area contributed by atoms with Crippen LogP contribution in [0.25, 0.3) is 0 Å². The van der Waals surface area contributed by atoms with E-state index in [9.17, 15) is 19.4 Å². The minimum absolute atomic E-state index is 0.0740. The van der Waals surface area contributed by atoms with Crippen molar-refractivity contribution in [2.24, 2.45) is 0 Å². The molecule has 3 atom stereocenters. The molecule has 0 spiro atoms. The predicted molar refractivity (Wildman–Crippen MR) is 290 cm³/mol. The third kappa shape index (κ3) is 51.9. The topological polar surface area (TPSA) is 105 Å². The van der Waals surface area contributed by atoms with Gasteiger partial charge in [0.15, 0.2) is 0 Å². The Morgan fingerprint density at radius 3 is 1.31 bits per heavy atom. The highest BCUT2D eigenvalue weighted by Gasteiger charge is 2.28. The maximum atomic E-state index is 13.0. The summed E-state index contributed by atoms with van der Waals surface area (Å²) in [6.45, 7) is 4.79. The third-order valence-electron chi connectivity index (χ3n) is 12.5. The van der Waals surface area contributed by atoms with Gasteiger partial charge in [-0.3, -0.25) is 13.8 Å². The molecule has 3 N–H and O–H groups in total. The molecule has 0 aromatic heterocycles.